The first-order chi connectivity index (χ1) is 14.7. The number of hydrogen-bond acceptors (Lipinski definition) is 6. The van der Waals surface area contributed by atoms with Gasteiger partial charge in [-0.1, -0.05) is 36.4 Å². The van der Waals surface area contributed by atoms with Crippen LogP contribution in [-0.2, 0) is 6.54 Å². The monoisotopic (exact) mass is 411 g/mol. The summed E-state index contributed by atoms with van der Waals surface area (Å²) in [5.74, 6) is 3.34. The lowest BCUT2D eigenvalue weighted by Crippen LogP contribution is -2.44. The first-order valence-corrected chi connectivity index (χ1v) is 10.8. The second-order valence-electron chi connectivity index (χ2n) is 8.18. The topological polar surface area (TPSA) is 55.0 Å². The number of hydrogen-bond donors (Lipinski definition) is 2. The van der Waals surface area contributed by atoms with Crippen LogP contribution in [0, 0.1) is 5.92 Å². The minimum absolute atomic E-state index is 0.491. The molecule has 0 amide bonds. The average Bonchev–Trinajstić information content (AvgIpc) is 3.29. The van der Waals surface area contributed by atoms with E-state index in [-0.39, 0.29) is 0 Å². The van der Waals surface area contributed by atoms with Gasteiger partial charge in [-0.05, 0) is 43.5 Å². The maximum atomic E-state index is 5.67. The minimum atomic E-state index is 0.491. The fourth-order valence-corrected chi connectivity index (χ4v) is 4.98. The largest absolute Gasteiger partial charge is 0.493 e. The molecule has 2 heterocycles. The van der Waals surface area contributed by atoms with E-state index < -0.39 is 0 Å². The van der Waals surface area contributed by atoms with E-state index in [4.69, 9.17) is 14.2 Å². The van der Waals surface area contributed by atoms with Crippen molar-refractivity contribution in [1.29, 1.82) is 0 Å². The number of benzene rings is 2. The van der Waals surface area contributed by atoms with Crippen LogP contribution in [0.25, 0.3) is 0 Å². The van der Waals surface area contributed by atoms with Gasteiger partial charge in [0.2, 0.25) is 5.75 Å². The molecule has 2 atom stereocenters. The van der Waals surface area contributed by atoms with E-state index in [1.165, 1.54) is 18.4 Å². The molecule has 6 nitrogen and oxygen atoms in total. The van der Waals surface area contributed by atoms with Crippen LogP contribution in [0.2, 0.25) is 0 Å². The summed E-state index contributed by atoms with van der Waals surface area (Å²) >= 11 is 0. The fourth-order valence-electron chi connectivity index (χ4n) is 4.98. The van der Waals surface area contributed by atoms with Gasteiger partial charge >= 0.3 is 0 Å². The molecule has 0 spiro atoms. The predicted octanol–water partition coefficient (Wildman–Crippen LogP) is 3.18. The van der Waals surface area contributed by atoms with Gasteiger partial charge in [-0.2, -0.15) is 0 Å². The summed E-state index contributed by atoms with van der Waals surface area (Å²) in [6.45, 7) is 4.02. The highest BCUT2D eigenvalue weighted by molar-refractivity contribution is 5.55. The molecule has 2 aliphatic rings. The highest BCUT2D eigenvalue weighted by Crippen LogP contribution is 2.40. The smallest absolute Gasteiger partial charge is 0.203 e. The van der Waals surface area contributed by atoms with Crippen molar-refractivity contribution >= 4 is 0 Å². The molecule has 0 saturated carbocycles. The van der Waals surface area contributed by atoms with Gasteiger partial charge in [0.1, 0.15) is 0 Å². The Morgan fingerprint density at radius 1 is 0.900 bits per heavy atom. The predicted molar refractivity (Wildman–Crippen MR) is 118 cm³/mol. The van der Waals surface area contributed by atoms with E-state index in [9.17, 15) is 0 Å². The normalized spacial score (nSPS) is 22.8. The Hall–Kier alpha value is -2.28. The summed E-state index contributed by atoms with van der Waals surface area (Å²) in [4.78, 5) is 2.51. The number of methoxy groups -OCH3 is 3. The van der Waals surface area contributed by atoms with Gasteiger partial charge in [0, 0.05) is 30.6 Å². The van der Waals surface area contributed by atoms with Crippen LogP contribution in [0.3, 0.4) is 0 Å². The van der Waals surface area contributed by atoms with Crippen molar-refractivity contribution in [1.82, 2.24) is 15.8 Å². The van der Waals surface area contributed by atoms with E-state index in [0.717, 1.165) is 37.5 Å². The maximum absolute atomic E-state index is 5.67. The number of hydrazine groups is 1. The molecule has 4 rings (SSSR count). The summed E-state index contributed by atoms with van der Waals surface area (Å²) in [5.41, 5.74) is 9.53. The molecule has 2 N–H and O–H groups in total. The molecule has 0 radical (unpaired) electrons. The molecule has 2 aromatic carbocycles. The van der Waals surface area contributed by atoms with E-state index in [0.29, 0.717) is 29.4 Å². The third-order valence-electron chi connectivity index (χ3n) is 6.57. The second-order valence-corrected chi connectivity index (χ2v) is 8.18. The van der Waals surface area contributed by atoms with Crippen molar-refractivity contribution in [2.75, 3.05) is 41.0 Å². The first kappa shape index (κ1) is 21.0. The van der Waals surface area contributed by atoms with Crippen LogP contribution in [-0.4, -0.2) is 51.9 Å². The quantitative estimate of drug-likeness (QED) is 0.730. The van der Waals surface area contributed by atoms with Gasteiger partial charge in [-0.15, -0.1) is 0 Å². The Balaban J connectivity index is 1.40. The molecule has 2 saturated heterocycles. The lowest BCUT2D eigenvalue weighted by atomic mass is 9.80. The number of rotatable bonds is 7. The van der Waals surface area contributed by atoms with Crippen molar-refractivity contribution in [3.63, 3.8) is 0 Å². The average molecular weight is 412 g/mol. The van der Waals surface area contributed by atoms with Crippen LogP contribution < -0.4 is 25.1 Å². The standard InChI is InChI=1S/C24H33N3O3/c1-28-21-10-9-19(23(29-2)24(21)30-3)16-27-13-11-18(12-14-27)22-20(15-25-26-22)17-7-5-4-6-8-17/h4-10,18,20,22,25-26H,11-16H2,1-3H3. The van der Waals surface area contributed by atoms with E-state index in [1.807, 2.05) is 6.07 Å². The van der Waals surface area contributed by atoms with Crippen molar-refractivity contribution in [3.8, 4) is 17.2 Å². The van der Waals surface area contributed by atoms with E-state index >= 15 is 0 Å². The molecule has 30 heavy (non-hydrogen) atoms. The van der Waals surface area contributed by atoms with Gasteiger partial charge in [0.15, 0.2) is 11.5 Å². The number of likely N-dealkylation sites (tertiary alicyclic amines) is 1. The first-order valence-electron chi connectivity index (χ1n) is 10.8. The Morgan fingerprint density at radius 3 is 2.30 bits per heavy atom. The van der Waals surface area contributed by atoms with Crippen molar-refractivity contribution < 1.29 is 14.2 Å². The number of nitrogens with one attached hydrogen (secondary N) is 2. The van der Waals surface area contributed by atoms with Crippen molar-refractivity contribution in [2.45, 2.75) is 31.3 Å². The van der Waals surface area contributed by atoms with Crippen molar-refractivity contribution in [3.05, 3.63) is 53.6 Å². The Kier molecular flexibility index (Phi) is 6.77. The summed E-state index contributed by atoms with van der Waals surface area (Å²) in [6, 6.07) is 15.4. The zero-order valence-electron chi connectivity index (χ0n) is 18.2. The highest BCUT2D eigenvalue weighted by atomic mass is 16.5. The van der Waals surface area contributed by atoms with Gasteiger partial charge in [0.25, 0.3) is 0 Å². The molecule has 162 valence electrons. The number of piperidine rings is 1. The zero-order chi connectivity index (χ0) is 20.9. The fraction of sp³-hybridized carbons (Fsp3) is 0.500. The SMILES string of the molecule is COc1ccc(CN2CCC(C3NNCC3c3ccccc3)CC2)c(OC)c1OC. The summed E-state index contributed by atoms with van der Waals surface area (Å²) < 4.78 is 16.6. The van der Waals surface area contributed by atoms with E-state index in [2.05, 4.69) is 52.1 Å². The molecule has 2 fully saturated rings. The Morgan fingerprint density at radius 2 is 1.63 bits per heavy atom. The lowest BCUT2D eigenvalue weighted by molar-refractivity contribution is 0.150. The summed E-state index contributed by atoms with van der Waals surface area (Å²) in [5, 5.41) is 0. The van der Waals surface area contributed by atoms with Gasteiger partial charge < -0.3 is 14.2 Å². The number of nitrogens with zero attached hydrogens (tertiary/aromatic N) is 1. The van der Waals surface area contributed by atoms with Crippen LogP contribution >= 0.6 is 0 Å². The Bertz CT molecular complexity index is 822. The molecular weight excluding hydrogens is 378 g/mol. The third-order valence-corrected chi connectivity index (χ3v) is 6.57. The van der Waals surface area contributed by atoms with Gasteiger partial charge in [0.05, 0.1) is 21.3 Å². The molecule has 0 aliphatic carbocycles. The molecule has 0 bridgehead atoms. The molecular formula is C24H33N3O3. The Labute approximate surface area is 179 Å². The summed E-state index contributed by atoms with van der Waals surface area (Å²) in [6.07, 6.45) is 2.39. The maximum Gasteiger partial charge on any atom is 0.203 e. The molecule has 0 aromatic heterocycles. The highest BCUT2D eigenvalue weighted by Gasteiger charge is 2.36. The van der Waals surface area contributed by atoms with Crippen LogP contribution in [0.5, 0.6) is 17.2 Å². The molecule has 2 unspecified atom stereocenters. The van der Waals surface area contributed by atoms with Gasteiger partial charge in [-0.25, -0.2) is 0 Å². The van der Waals surface area contributed by atoms with Crippen molar-refractivity contribution in [2.24, 2.45) is 5.92 Å². The second kappa shape index (κ2) is 9.69. The van der Waals surface area contributed by atoms with E-state index in [1.54, 1.807) is 21.3 Å². The van der Waals surface area contributed by atoms with Crippen LogP contribution in [0.1, 0.15) is 29.9 Å². The minimum Gasteiger partial charge on any atom is -0.493 e. The van der Waals surface area contributed by atoms with Gasteiger partial charge in [-0.3, -0.25) is 15.8 Å². The molecule has 2 aromatic rings. The van der Waals surface area contributed by atoms with Crippen LogP contribution in [0.4, 0.5) is 0 Å². The summed E-state index contributed by atoms with van der Waals surface area (Å²) in [7, 11) is 4.99. The lowest BCUT2D eigenvalue weighted by Gasteiger charge is -2.36. The van der Waals surface area contributed by atoms with Crippen LogP contribution in [0.15, 0.2) is 42.5 Å². The number of ether oxygens (including phenoxy) is 3. The zero-order valence-corrected chi connectivity index (χ0v) is 18.2. The third kappa shape index (κ3) is 4.26. The molecule has 6 heteroatoms. The molecule has 2 aliphatic heterocycles.